The van der Waals surface area contributed by atoms with E-state index in [-0.39, 0.29) is 12.2 Å². The van der Waals surface area contributed by atoms with Gasteiger partial charge in [0, 0.05) is 6.42 Å². The molecule has 4 nitrogen and oxygen atoms in total. The Morgan fingerprint density at radius 2 is 2.20 bits per heavy atom. The number of phenolic OH excluding ortho intramolecular Hbond substituents is 1. The van der Waals surface area contributed by atoms with Gasteiger partial charge in [-0.1, -0.05) is 6.07 Å². The van der Waals surface area contributed by atoms with Crippen LogP contribution in [0.2, 0.25) is 0 Å². The van der Waals surface area contributed by atoms with Crippen LogP contribution in [0.25, 0.3) is 0 Å². The summed E-state index contributed by atoms with van der Waals surface area (Å²) in [7, 11) is 1.46. The lowest BCUT2D eigenvalue weighted by molar-refractivity contribution is -0.136. The molecule has 0 fully saturated rings. The molecule has 1 rings (SSSR count). The lowest BCUT2D eigenvalue weighted by Gasteiger charge is -2.08. The zero-order chi connectivity index (χ0) is 11.4. The SMILES string of the molecule is COc1ccc(CCC(=O)O)c(Br)c1O. The number of carboxylic acid groups (broad SMARTS) is 1. The summed E-state index contributed by atoms with van der Waals surface area (Å²) in [5.41, 5.74) is 0.746. The van der Waals surface area contributed by atoms with E-state index in [0.717, 1.165) is 5.56 Å². The third-order valence-corrected chi connectivity index (χ3v) is 2.87. The van der Waals surface area contributed by atoms with Gasteiger partial charge in [0.05, 0.1) is 11.6 Å². The smallest absolute Gasteiger partial charge is 0.303 e. The van der Waals surface area contributed by atoms with E-state index in [2.05, 4.69) is 15.9 Å². The van der Waals surface area contributed by atoms with E-state index in [1.165, 1.54) is 7.11 Å². The minimum absolute atomic E-state index is 0.000360. The number of hydrogen-bond acceptors (Lipinski definition) is 3. The van der Waals surface area contributed by atoms with Gasteiger partial charge in [-0.15, -0.1) is 0 Å². The number of methoxy groups -OCH3 is 1. The Kier molecular flexibility index (Phi) is 3.96. The Morgan fingerprint density at radius 1 is 1.53 bits per heavy atom. The zero-order valence-corrected chi connectivity index (χ0v) is 9.74. The average molecular weight is 275 g/mol. The number of benzene rings is 1. The minimum Gasteiger partial charge on any atom is -0.503 e. The molecule has 0 aromatic heterocycles. The van der Waals surface area contributed by atoms with Gasteiger partial charge in [-0.05, 0) is 34.0 Å². The maximum atomic E-state index is 10.4. The van der Waals surface area contributed by atoms with Gasteiger partial charge in [-0.25, -0.2) is 0 Å². The van der Waals surface area contributed by atoms with Gasteiger partial charge in [0.25, 0.3) is 0 Å². The number of aryl methyl sites for hydroxylation is 1. The molecule has 0 aliphatic rings. The van der Waals surface area contributed by atoms with Crippen LogP contribution in [0.3, 0.4) is 0 Å². The van der Waals surface area contributed by atoms with Gasteiger partial charge in [0.2, 0.25) is 0 Å². The van der Waals surface area contributed by atoms with Crippen molar-refractivity contribution in [1.29, 1.82) is 0 Å². The summed E-state index contributed by atoms with van der Waals surface area (Å²) in [6.07, 6.45) is 0.401. The molecule has 5 heteroatoms. The van der Waals surface area contributed by atoms with E-state index in [4.69, 9.17) is 9.84 Å². The van der Waals surface area contributed by atoms with Gasteiger partial charge >= 0.3 is 5.97 Å². The standard InChI is InChI=1S/C10H11BrO4/c1-15-7-4-2-6(3-5-8(12)13)9(11)10(7)14/h2,4,14H,3,5H2,1H3,(H,12,13). The van der Waals surface area contributed by atoms with Crippen molar-refractivity contribution < 1.29 is 19.7 Å². The third kappa shape index (κ3) is 2.86. The fourth-order valence-corrected chi connectivity index (χ4v) is 1.71. The lowest BCUT2D eigenvalue weighted by Crippen LogP contribution is -1.98. The molecule has 1 aromatic carbocycles. The summed E-state index contributed by atoms with van der Waals surface area (Å²) in [5.74, 6) is -0.501. The molecule has 0 aliphatic carbocycles. The van der Waals surface area contributed by atoms with E-state index in [9.17, 15) is 9.90 Å². The highest BCUT2D eigenvalue weighted by Crippen LogP contribution is 2.36. The Labute approximate surface area is 95.6 Å². The molecule has 2 N–H and O–H groups in total. The molecule has 1 aromatic rings. The maximum absolute atomic E-state index is 10.4. The first-order chi connectivity index (χ1) is 7.06. The van der Waals surface area contributed by atoms with E-state index >= 15 is 0 Å². The van der Waals surface area contributed by atoms with Crippen LogP contribution in [-0.4, -0.2) is 23.3 Å². The van der Waals surface area contributed by atoms with Gasteiger partial charge in [0.15, 0.2) is 11.5 Å². The number of hydrogen-bond donors (Lipinski definition) is 2. The Hall–Kier alpha value is -1.23. The number of carboxylic acids is 1. The van der Waals surface area contributed by atoms with Crippen molar-refractivity contribution in [2.24, 2.45) is 0 Å². The van der Waals surface area contributed by atoms with Crippen LogP contribution >= 0.6 is 15.9 Å². The molecule has 0 unspecified atom stereocenters. The first-order valence-corrected chi connectivity index (χ1v) is 5.11. The van der Waals surface area contributed by atoms with Crippen LogP contribution in [0, 0.1) is 0 Å². The quantitative estimate of drug-likeness (QED) is 0.883. The summed E-state index contributed by atoms with van der Waals surface area (Å²) in [5, 5.41) is 18.2. The molecule has 0 amide bonds. The second-order valence-corrected chi connectivity index (χ2v) is 3.78. The van der Waals surface area contributed by atoms with Crippen molar-refractivity contribution in [2.45, 2.75) is 12.8 Å². The fourth-order valence-electron chi connectivity index (χ4n) is 1.19. The summed E-state index contributed by atoms with van der Waals surface area (Å²) in [4.78, 5) is 10.4. The third-order valence-electron chi connectivity index (χ3n) is 1.99. The Bertz CT molecular complexity index is 376. The lowest BCUT2D eigenvalue weighted by atomic mass is 10.1. The van der Waals surface area contributed by atoms with Crippen LogP contribution in [0.1, 0.15) is 12.0 Å². The topological polar surface area (TPSA) is 66.8 Å². The van der Waals surface area contributed by atoms with Crippen LogP contribution in [0.15, 0.2) is 16.6 Å². The predicted octanol–water partition coefficient (Wildman–Crippen LogP) is 2.18. The molecule has 0 atom stereocenters. The first-order valence-electron chi connectivity index (χ1n) is 4.32. The Morgan fingerprint density at radius 3 is 2.73 bits per heavy atom. The van der Waals surface area contributed by atoms with Crippen molar-refractivity contribution in [3.05, 3.63) is 22.2 Å². The number of rotatable bonds is 4. The number of ether oxygens (including phenoxy) is 1. The van der Waals surface area contributed by atoms with E-state index in [1.54, 1.807) is 12.1 Å². The van der Waals surface area contributed by atoms with Gasteiger partial charge in [0.1, 0.15) is 0 Å². The van der Waals surface area contributed by atoms with Crippen LogP contribution in [0.5, 0.6) is 11.5 Å². The van der Waals surface area contributed by atoms with Crippen molar-refractivity contribution in [3.63, 3.8) is 0 Å². The number of aliphatic carboxylic acids is 1. The molecular formula is C10H11BrO4. The number of halogens is 1. The monoisotopic (exact) mass is 274 g/mol. The second-order valence-electron chi connectivity index (χ2n) is 2.98. The van der Waals surface area contributed by atoms with Crippen LogP contribution in [0.4, 0.5) is 0 Å². The zero-order valence-electron chi connectivity index (χ0n) is 8.16. The van der Waals surface area contributed by atoms with Gasteiger partial charge < -0.3 is 14.9 Å². The molecule has 0 aliphatic heterocycles. The van der Waals surface area contributed by atoms with Crippen molar-refractivity contribution >= 4 is 21.9 Å². The molecule has 0 spiro atoms. The first kappa shape index (κ1) is 11.8. The molecule has 15 heavy (non-hydrogen) atoms. The molecule has 0 heterocycles. The van der Waals surface area contributed by atoms with Crippen molar-refractivity contribution in [2.75, 3.05) is 7.11 Å². The van der Waals surface area contributed by atoms with Gasteiger partial charge in [-0.2, -0.15) is 0 Å². The van der Waals surface area contributed by atoms with E-state index < -0.39 is 5.97 Å². The number of aromatic hydroxyl groups is 1. The summed E-state index contributed by atoms with van der Waals surface area (Å²) >= 11 is 3.20. The summed E-state index contributed by atoms with van der Waals surface area (Å²) in [6, 6.07) is 3.34. The molecule has 0 saturated heterocycles. The molecular weight excluding hydrogens is 264 g/mol. The predicted molar refractivity (Wildman–Crippen MR) is 58.3 cm³/mol. The Balaban J connectivity index is 2.91. The largest absolute Gasteiger partial charge is 0.503 e. The highest BCUT2D eigenvalue weighted by atomic mass is 79.9. The highest BCUT2D eigenvalue weighted by Gasteiger charge is 2.11. The van der Waals surface area contributed by atoms with Crippen molar-refractivity contribution in [3.8, 4) is 11.5 Å². The second kappa shape index (κ2) is 5.02. The number of phenols is 1. The molecule has 0 bridgehead atoms. The van der Waals surface area contributed by atoms with E-state index in [0.29, 0.717) is 16.6 Å². The summed E-state index contributed by atoms with van der Waals surface area (Å²) in [6.45, 7) is 0. The number of carbonyl (C=O) groups is 1. The van der Waals surface area contributed by atoms with Crippen molar-refractivity contribution in [1.82, 2.24) is 0 Å². The van der Waals surface area contributed by atoms with E-state index in [1.807, 2.05) is 0 Å². The maximum Gasteiger partial charge on any atom is 0.303 e. The molecule has 82 valence electrons. The fraction of sp³-hybridized carbons (Fsp3) is 0.300. The molecule has 0 saturated carbocycles. The normalized spacial score (nSPS) is 10.0. The average Bonchev–Trinajstić information content (AvgIpc) is 2.20. The van der Waals surface area contributed by atoms with Crippen LogP contribution in [-0.2, 0) is 11.2 Å². The van der Waals surface area contributed by atoms with Crippen LogP contribution < -0.4 is 4.74 Å². The summed E-state index contributed by atoms with van der Waals surface area (Å²) < 4.78 is 5.40. The molecule has 0 radical (unpaired) electrons. The van der Waals surface area contributed by atoms with Gasteiger partial charge in [-0.3, -0.25) is 4.79 Å². The minimum atomic E-state index is -0.864. The highest BCUT2D eigenvalue weighted by molar-refractivity contribution is 9.10.